The summed E-state index contributed by atoms with van der Waals surface area (Å²) in [6.07, 6.45) is 0. The van der Waals surface area contributed by atoms with Crippen molar-refractivity contribution >= 4 is 22.7 Å². The molecular formula is C10H12N2S2. The van der Waals surface area contributed by atoms with Crippen LogP contribution >= 0.6 is 22.7 Å². The molecule has 1 atom stereocenters. The Kier molecular flexibility index (Phi) is 2.96. The summed E-state index contributed by atoms with van der Waals surface area (Å²) in [6.45, 7) is 2.06. The van der Waals surface area contributed by atoms with Gasteiger partial charge in [0.15, 0.2) is 0 Å². The molecule has 4 heteroatoms. The quantitative estimate of drug-likeness (QED) is 0.867. The maximum absolute atomic E-state index is 4.28. The fraction of sp³-hybridized carbons (Fsp3) is 0.300. The van der Waals surface area contributed by atoms with E-state index in [2.05, 4.69) is 34.1 Å². The van der Waals surface area contributed by atoms with Crippen LogP contribution < -0.4 is 5.32 Å². The Hall–Kier alpha value is -0.710. The summed E-state index contributed by atoms with van der Waals surface area (Å²) in [5, 5.41) is 7.61. The first kappa shape index (κ1) is 9.83. The van der Waals surface area contributed by atoms with Crippen molar-refractivity contribution < 1.29 is 0 Å². The van der Waals surface area contributed by atoms with E-state index in [0.29, 0.717) is 6.04 Å². The van der Waals surface area contributed by atoms with Crippen LogP contribution in [0.25, 0.3) is 0 Å². The number of nitrogens with one attached hydrogen (secondary N) is 1. The van der Waals surface area contributed by atoms with Gasteiger partial charge in [-0.2, -0.15) is 11.3 Å². The number of hydrogen-bond donors (Lipinski definition) is 1. The molecule has 0 spiro atoms. The van der Waals surface area contributed by atoms with Crippen LogP contribution in [0.15, 0.2) is 22.3 Å². The van der Waals surface area contributed by atoms with Gasteiger partial charge >= 0.3 is 0 Å². The van der Waals surface area contributed by atoms with E-state index in [9.17, 15) is 0 Å². The lowest BCUT2D eigenvalue weighted by Gasteiger charge is -2.13. The molecule has 0 aliphatic carbocycles. The Balaban J connectivity index is 2.36. The first-order valence-corrected chi connectivity index (χ1v) is 6.24. The van der Waals surface area contributed by atoms with Crippen LogP contribution in [0.1, 0.15) is 22.2 Å². The summed E-state index contributed by atoms with van der Waals surface area (Å²) in [6, 6.07) is 2.46. The summed E-state index contributed by atoms with van der Waals surface area (Å²) >= 11 is 3.44. The third kappa shape index (κ3) is 1.73. The minimum absolute atomic E-state index is 0.300. The number of hydrogen-bond acceptors (Lipinski definition) is 4. The Labute approximate surface area is 91.6 Å². The Morgan fingerprint density at radius 2 is 2.36 bits per heavy atom. The molecule has 14 heavy (non-hydrogen) atoms. The summed E-state index contributed by atoms with van der Waals surface area (Å²) in [5.41, 5.74) is 4.35. The van der Waals surface area contributed by atoms with Gasteiger partial charge in [0, 0.05) is 4.88 Å². The van der Waals surface area contributed by atoms with Gasteiger partial charge in [0.2, 0.25) is 0 Å². The lowest BCUT2D eigenvalue weighted by molar-refractivity contribution is 0.700. The lowest BCUT2D eigenvalue weighted by Crippen LogP contribution is -2.16. The number of rotatable bonds is 3. The van der Waals surface area contributed by atoms with Crippen molar-refractivity contribution in [1.82, 2.24) is 10.3 Å². The molecule has 2 aromatic heterocycles. The largest absolute Gasteiger partial charge is 0.309 e. The van der Waals surface area contributed by atoms with Crippen molar-refractivity contribution in [2.45, 2.75) is 13.0 Å². The molecule has 1 N–H and O–H groups in total. The predicted molar refractivity (Wildman–Crippen MR) is 62.1 cm³/mol. The van der Waals surface area contributed by atoms with Crippen LogP contribution in [0.2, 0.25) is 0 Å². The molecule has 0 saturated heterocycles. The highest BCUT2D eigenvalue weighted by molar-refractivity contribution is 7.10. The van der Waals surface area contributed by atoms with Gasteiger partial charge in [-0.15, -0.1) is 11.3 Å². The molecule has 1 unspecified atom stereocenters. The van der Waals surface area contributed by atoms with Gasteiger partial charge in [0.1, 0.15) is 0 Å². The molecule has 2 heterocycles. The summed E-state index contributed by atoms with van der Waals surface area (Å²) < 4.78 is 0. The van der Waals surface area contributed by atoms with E-state index in [4.69, 9.17) is 0 Å². The molecule has 0 aliphatic rings. The average Bonchev–Trinajstić information content (AvgIpc) is 2.80. The van der Waals surface area contributed by atoms with Gasteiger partial charge in [-0.3, -0.25) is 0 Å². The minimum Gasteiger partial charge on any atom is -0.309 e. The van der Waals surface area contributed by atoms with Crippen molar-refractivity contribution in [3.05, 3.63) is 38.5 Å². The third-order valence-electron chi connectivity index (χ3n) is 2.21. The predicted octanol–water partition coefficient (Wildman–Crippen LogP) is 2.82. The van der Waals surface area contributed by atoms with Gasteiger partial charge < -0.3 is 5.32 Å². The van der Waals surface area contributed by atoms with Gasteiger partial charge in [0.25, 0.3) is 0 Å². The van der Waals surface area contributed by atoms with Crippen LogP contribution in [0, 0.1) is 6.92 Å². The molecule has 0 radical (unpaired) electrons. The zero-order valence-electron chi connectivity index (χ0n) is 8.15. The number of thiophene rings is 1. The zero-order valence-corrected chi connectivity index (χ0v) is 9.78. The highest BCUT2D eigenvalue weighted by atomic mass is 32.1. The first-order chi connectivity index (χ1) is 6.83. The minimum atomic E-state index is 0.300. The van der Waals surface area contributed by atoms with E-state index in [0.717, 1.165) is 5.69 Å². The SMILES string of the molecule is CNC(c1ccsc1)c1scnc1C. The van der Waals surface area contributed by atoms with Gasteiger partial charge in [-0.05, 0) is 36.4 Å². The lowest BCUT2D eigenvalue weighted by atomic mass is 10.1. The van der Waals surface area contributed by atoms with Crippen molar-refractivity contribution in [1.29, 1.82) is 0 Å². The van der Waals surface area contributed by atoms with Gasteiger partial charge in [-0.1, -0.05) is 0 Å². The second-order valence-corrected chi connectivity index (χ2v) is 4.75. The highest BCUT2D eigenvalue weighted by Crippen LogP contribution is 2.28. The number of aryl methyl sites for hydroxylation is 1. The van der Waals surface area contributed by atoms with E-state index in [1.165, 1.54) is 10.4 Å². The standard InChI is InChI=1S/C10H12N2S2/c1-7-10(14-6-12-7)9(11-2)8-3-4-13-5-8/h3-6,9,11H,1-2H3. The van der Waals surface area contributed by atoms with Crippen molar-refractivity contribution in [2.75, 3.05) is 7.05 Å². The molecule has 2 aromatic rings. The highest BCUT2D eigenvalue weighted by Gasteiger charge is 2.16. The third-order valence-corrected chi connectivity index (χ3v) is 3.91. The van der Waals surface area contributed by atoms with Crippen LogP contribution in [0.3, 0.4) is 0 Å². The first-order valence-electron chi connectivity index (χ1n) is 4.42. The maximum Gasteiger partial charge on any atom is 0.0798 e. The van der Waals surface area contributed by atoms with E-state index in [1.54, 1.807) is 22.7 Å². The molecule has 0 bridgehead atoms. The molecule has 0 aliphatic heterocycles. The fourth-order valence-corrected chi connectivity index (χ4v) is 3.10. The van der Waals surface area contributed by atoms with E-state index in [-0.39, 0.29) is 0 Å². The molecule has 0 amide bonds. The molecule has 2 nitrogen and oxygen atoms in total. The van der Waals surface area contributed by atoms with E-state index in [1.807, 2.05) is 12.6 Å². The Morgan fingerprint density at radius 3 is 2.86 bits per heavy atom. The molecule has 0 fully saturated rings. The summed E-state index contributed by atoms with van der Waals surface area (Å²) in [7, 11) is 1.99. The van der Waals surface area contributed by atoms with Crippen molar-refractivity contribution in [2.24, 2.45) is 0 Å². The summed E-state index contributed by atoms with van der Waals surface area (Å²) in [5.74, 6) is 0. The Bertz CT molecular complexity index is 392. The molecule has 2 rings (SSSR count). The average molecular weight is 224 g/mol. The van der Waals surface area contributed by atoms with Gasteiger partial charge in [-0.25, -0.2) is 4.98 Å². The van der Waals surface area contributed by atoms with E-state index < -0.39 is 0 Å². The number of thiazole rings is 1. The van der Waals surface area contributed by atoms with Crippen LogP contribution in [-0.2, 0) is 0 Å². The van der Waals surface area contributed by atoms with Crippen molar-refractivity contribution in [3.63, 3.8) is 0 Å². The van der Waals surface area contributed by atoms with Crippen LogP contribution in [-0.4, -0.2) is 12.0 Å². The van der Waals surface area contributed by atoms with Crippen LogP contribution in [0.5, 0.6) is 0 Å². The fourth-order valence-electron chi connectivity index (χ4n) is 1.48. The summed E-state index contributed by atoms with van der Waals surface area (Å²) in [4.78, 5) is 5.59. The number of nitrogens with zero attached hydrogens (tertiary/aromatic N) is 1. The number of aromatic nitrogens is 1. The molecule has 74 valence electrons. The Morgan fingerprint density at radius 1 is 1.50 bits per heavy atom. The smallest absolute Gasteiger partial charge is 0.0798 e. The maximum atomic E-state index is 4.28. The van der Waals surface area contributed by atoms with Gasteiger partial charge in [0.05, 0.1) is 17.2 Å². The van der Waals surface area contributed by atoms with Crippen molar-refractivity contribution in [3.8, 4) is 0 Å². The zero-order chi connectivity index (χ0) is 9.97. The van der Waals surface area contributed by atoms with E-state index >= 15 is 0 Å². The van der Waals surface area contributed by atoms with Crippen LogP contribution in [0.4, 0.5) is 0 Å². The molecule has 0 aromatic carbocycles. The second kappa shape index (κ2) is 4.21. The molecule has 0 saturated carbocycles. The monoisotopic (exact) mass is 224 g/mol. The topological polar surface area (TPSA) is 24.9 Å². The molecular weight excluding hydrogens is 212 g/mol. The second-order valence-electron chi connectivity index (χ2n) is 3.08. The normalized spacial score (nSPS) is 13.0.